The zero-order valence-corrected chi connectivity index (χ0v) is 11.1. The highest BCUT2D eigenvalue weighted by atomic mass is 32.2. The Hall–Kier alpha value is -2.07. The SMILES string of the molecule is CS(=O)(=O)c1ccc(-c2cccc3ccoc23)cc1. The smallest absolute Gasteiger partial charge is 0.175 e. The van der Waals surface area contributed by atoms with Crippen LogP contribution in [0.25, 0.3) is 22.1 Å². The van der Waals surface area contributed by atoms with Gasteiger partial charge in [-0.3, -0.25) is 0 Å². The summed E-state index contributed by atoms with van der Waals surface area (Å²) in [5, 5.41) is 1.03. The van der Waals surface area contributed by atoms with E-state index in [0.717, 1.165) is 22.1 Å². The molecular weight excluding hydrogens is 260 g/mol. The number of rotatable bonds is 2. The molecule has 0 fully saturated rings. The average Bonchev–Trinajstić information content (AvgIpc) is 2.86. The second-order valence-electron chi connectivity index (χ2n) is 4.44. The molecule has 0 aliphatic rings. The molecule has 3 aromatic rings. The first-order valence-electron chi connectivity index (χ1n) is 5.82. The molecule has 0 spiro atoms. The summed E-state index contributed by atoms with van der Waals surface area (Å²) < 4.78 is 28.3. The minimum absolute atomic E-state index is 0.322. The number of fused-ring (bicyclic) bond motifs is 1. The molecule has 0 atom stereocenters. The third kappa shape index (κ3) is 2.15. The highest BCUT2D eigenvalue weighted by Gasteiger charge is 2.09. The first-order chi connectivity index (χ1) is 9.05. The summed E-state index contributed by atoms with van der Waals surface area (Å²) in [7, 11) is -3.16. The van der Waals surface area contributed by atoms with Gasteiger partial charge in [0.15, 0.2) is 9.84 Å². The van der Waals surface area contributed by atoms with Crippen molar-refractivity contribution in [2.75, 3.05) is 6.26 Å². The highest BCUT2D eigenvalue weighted by molar-refractivity contribution is 7.90. The number of para-hydroxylation sites is 1. The average molecular weight is 272 g/mol. The molecule has 0 bridgehead atoms. The molecule has 0 radical (unpaired) electrons. The highest BCUT2D eigenvalue weighted by Crippen LogP contribution is 2.29. The maximum Gasteiger partial charge on any atom is 0.175 e. The molecule has 3 rings (SSSR count). The lowest BCUT2D eigenvalue weighted by molar-refractivity contribution is 0.602. The Bertz CT molecular complexity index is 827. The normalized spacial score (nSPS) is 11.8. The monoisotopic (exact) mass is 272 g/mol. The van der Waals surface area contributed by atoms with Crippen molar-refractivity contribution in [3.8, 4) is 11.1 Å². The molecule has 1 aromatic heterocycles. The van der Waals surface area contributed by atoms with Gasteiger partial charge in [0.05, 0.1) is 11.2 Å². The van der Waals surface area contributed by atoms with Crippen LogP contribution < -0.4 is 0 Å². The van der Waals surface area contributed by atoms with E-state index in [1.165, 1.54) is 6.26 Å². The predicted octanol–water partition coefficient (Wildman–Crippen LogP) is 3.50. The van der Waals surface area contributed by atoms with Gasteiger partial charge in [-0.25, -0.2) is 8.42 Å². The van der Waals surface area contributed by atoms with Gasteiger partial charge in [0.2, 0.25) is 0 Å². The van der Waals surface area contributed by atoms with Gasteiger partial charge in [-0.1, -0.05) is 30.3 Å². The maximum atomic E-state index is 11.4. The van der Waals surface area contributed by atoms with E-state index in [2.05, 4.69) is 0 Å². The van der Waals surface area contributed by atoms with Crippen molar-refractivity contribution in [2.45, 2.75) is 4.90 Å². The van der Waals surface area contributed by atoms with Gasteiger partial charge in [0.1, 0.15) is 5.58 Å². The van der Waals surface area contributed by atoms with Gasteiger partial charge in [-0.05, 0) is 23.8 Å². The molecule has 3 nitrogen and oxygen atoms in total. The van der Waals surface area contributed by atoms with Crippen LogP contribution in [-0.4, -0.2) is 14.7 Å². The molecule has 96 valence electrons. The van der Waals surface area contributed by atoms with Crippen LogP contribution in [0.3, 0.4) is 0 Å². The number of hydrogen-bond donors (Lipinski definition) is 0. The first-order valence-corrected chi connectivity index (χ1v) is 7.71. The summed E-state index contributed by atoms with van der Waals surface area (Å²) in [5.74, 6) is 0. The van der Waals surface area contributed by atoms with Crippen molar-refractivity contribution in [2.24, 2.45) is 0 Å². The van der Waals surface area contributed by atoms with Crippen LogP contribution >= 0.6 is 0 Å². The summed E-state index contributed by atoms with van der Waals surface area (Å²) in [6.45, 7) is 0. The van der Waals surface area contributed by atoms with Gasteiger partial charge >= 0.3 is 0 Å². The van der Waals surface area contributed by atoms with Gasteiger partial charge in [-0.2, -0.15) is 0 Å². The van der Waals surface area contributed by atoms with E-state index in [0.29, 0.717) is 4.90 Å². The summed E-state index contributed by atoms with van der Waals surface area (Å²) in [5.41, 5.74) is 2.71. The van der Waals surface area contributed by atoms with Gasteiger partial charge in [0, 0.05) is 17.2 Å². The molecule has 0 N–H and O–H groups in total. The first kappa shape index (κ1) is 12.0. The second-order valence-corrected chi connectivity index (χ2v) is 6.46. The fourth-order valence-corrected chi connectivity index (χ4v) is 2.73. The summed E-state index contributed by atoms with van der Waals surface area (Å²) in [6.07, 6.45) is 2.86. The molecule has 0 saturated carbocycles. The molecule has 0 saturated heterocycles. The van der Waals surface area contributed by atoms with Crippen LogP contribution in [-0.2, 0) is 9.84 Å². The Morgan fingerprint density at radius 2 is 1.68 bits per heavy atom. The van der Waals surface area contributed by atoms with Crippen LogP contribution in [0.5, 0.6) is 0 Å². The van der Waals surface area contributed by atoms with E-state index in [1.807, 2.05) is 24.3 Å². The quantitative estimate of drug-likeness (QED) is 0.717. The summed E-state index contributed by atoms with van der Waals surface area (Å²) >= 11 is 0. The van der Waals surface area contributed by atoms with Crippen molar-refractivity contribution in [1.82, 2.24) is 0 Å². The van der Waals surface area contributed by atoms with E-state index in [-0.39, 0.29) is 0 Å². The molecular formula is C15H12O3S. The topological polar surface area (TPSA) is 47.3 Å². The maximum absolute atomic E-state index is 11.4. The fourth-order valence-electron chi connectivity index (χ4n) is 2.10. The van der Waals surface area contributed by atoms with Gasteiger partial charge in [0.25, 0.3) is 0 Å². The van der Waals surface area contributed by atoms with Crippen LogP contribution in [0.2, 0.25) is 0 Å². The molecule has 0 amide bonds. The van der Waals surface area contributed by atoms with Crippen molar-refractivity contribution in [1.29, 1.82) is 0 Å². The van der Waals surface area contributed by atoms with E-state index in [1.54, 1.807) is 30.5 Å². The third-order valence-electron chi connectivity index (χ3n) is 3.07. The molecule has 0 aliphatic heterocycles. The Balaban J connectivity index is 2.15. The molecule has 1 heterocycles. The second kappa shape index (κ2) is 4.24. The standard InChI is InChI=1S/C15H12O3S/c1-19(16,17)13-7-5-11(6-8-13)14-4-2-3-12-9-10-18-15(12)14/h2-10H,1H3. The van der Waals surface area contributed by atoms with E-state index in [4.69, 9.17) is 4.42 Å². The predicted molar refractivity (Wildman–Crippen MR) is 74.8 cm³/mol. The summed E-state index contributed by atoms with van der Waals surface area (Å²) in [4.78, 5) is 0.322. The van der Waals surface area contributed by atoms with Crippen molar-refractivity contribution in [3.05, 3.63) is 54.8 Å². The number of benzene rings is 2. The minimum atomic E-state index is -3.16. The largest absolute Gasteiger partial charge is 0.464 e. The molecule has 0 aliphatic carbocycles. The molecule has 0 unspecified atom stereocenters. The van der Waals surface area contributed by atoms with Crippen LogP contribution in [0.15, 0.2) is 64.1 Å². The molecule has 19 heavy (non-hydrogen) atoms. The van der Waals surface area contributed by atoms with Gasteiger partial charge in [-0.15, -0.1) is 0 Å². The zero-order chi connectivity index (χ0) is 13.5. The zero-order valence-electron chi connectivity index (χ0n) is 10.3. The van der Waals surface area contributed by atoms with Crippen molar-refractivity contribution < 1.29 is 12.8 Å². The lowest BCUT2D eigenvalue weighted by Gasteiger charge is -2.04. The lowest BCUT2D eigenvalue weighted by Crippen LogP contribution is -1.96. The number of furan rings is 1. The Kier molecular flexibility index (Phi) is 2.68. The van der Waals surface area contributed by atoms with Crippen molar-refractivity contribution in [3.63, 3.8) is 0 Å². The van der Waals surface area contributed by atoms with E-state index in [9.17, 15) is 8.42 Å². The van der Waals surface area contributed by atoms with E-state index < -0.39 is 9.84 Å². The van der Waals surface area contributed by atoms with Gasteiger partial charge < -0.3 is 4.42 Å². The molecule has 2 aromatic carbocycles. The minimum Gasteiger partial charge on any atom is -0.464 e. The Morgan fingerprint density at radius 1 is 0.947 bits per heavy atom. The lowest BCUT2D eigenvalue weighted by atomic mass is 10.0. The summed E-state index contributed by atoms with van der Waals surface area (Å²) in [6, 6.07) is 14.6. The Labute approximate surface area is 111 Å². The number of hydrogen-bond acceptors (Lipinski definition) is 3. The van der Waals surface area contributed by atoms with Crippen molar-refractivity contribution >= 4 is 20.8 Å². The van der Waals surface area contributed by atoms with Crippen LogP contribution in [0.4, 0.5) is 0 Å². The fraction of sp³-hybridized carbons (Fsp3) is 0.0667. The van der Waals surface area contributed by atoms with Crippen LogP contribution in [0.1, 0.15) is 0 Å². The number of sulfone groups is 1. The molecule has 4 heteroatoms. The van der Waals surface area contributed by atoms with Crippen LogP contribution in [0, 0.1) is 0 Å². The van der Waals surface area contributed by atoms with E-state index >= 15 is 0 Å². The third-order valence-corrected chi connectivity index (χ3v) is 4.20. The Morgan fingerprint density at radius 3 is 2.37 bits per heavy atom.